The minimum atomic E-state index is 0.200. The molecule has 2 aromatic rings. The Morgan fingerprint density at radius 1 is 0.852 bits per heavy atom. The number of halogens is 1. The summed E-state index contributed by atoms with van der Waals surface area (Å²) in [6.07, 6.45) is 0.754. The van der Waals surface area contributed by atoms with Gasteiger partial charge < -0.3 is 9.84 Å². The molecule has 1 N–H and O–H groups in total. The molecule has 2 aromatic carbocycles. The van der Waals surface area contributed by atoms with Gasteiger partial charge in [0.15, 0.2) is 0 Å². The van der Waals surface area contributed by atoms with Crippen LogP contribution in [0.2, 0.25) is 0 Å². The summed E-state index contributed by atoms with van der Waals surface area (Å²) in [6.45, 7) is 15.5. The van der Waals surface area contributed by atoms with Gasteiger partial charge in [-0.15, -0.1) is 0 Å². The molecular formula is C24H35BrO2. The molecule has 150 valence electrons. The van der Waals surface area contributed by atoms with E-state index in [1.54, 1.807) is 0 Å². The maximum atomic E-state index is 8.81. The van der Waals surface area contributed by atoms with Crippen molar-refractivity contribution in [2.24, 2.45) is 0 Å². The average Bonchev–Trinajstić information content (AvgIpc) is 3.43. The molecule has 0 radical (unpaired) electrons. The standard InChI is InChI=1S/C12H18O.C10H13Br.C2H4O/c1-12(2,3)11-6-4-5-10(9-11)7-8-13;1-10(2,3)8-5-4-6-9(11)7-8;1-2-3-1/h4-6,9,13H,7-8H2,1-3H3;4-7H,1-3H3;1-2H2. The van der Waals surface area contributed by atoms with Crippen molar-refractivity contribution in [3.63, 3.8) is 0 Å². The van der Waals surface area contributed by atoms with Crippen LogP contribution in [0.25, 0.3) is 0 Å². The van der Waals surface area contributed by atoms with Crippen molar-refractivity contribution in [1.29, 1.82) is 0 Å². The van der Waals surface area contributed by atoms with Crippen molar-refractivity contribution in [2.75, 3.05) is 19.8 Å². The quantitative estimate of drug-likeness (QED) is 0.563. The van der Waals surface area contributed by atoms with Crippen LogP contribution in [0.5, 0.6) is 0 Å². The van der Waals surface area contributed by atoms with Gasteiger partial charge >= 0.3 is 0 Å². The Hall–Kier alpha value is -1.16. The molecule has 3 rings (SSSR count). The second-order valence-electron chi connectivity index (χ2n) is 8.80. The van der Waals surface area contributed by atoms with Gasteiger partial charge in [0.1, 0.15) is 0 Å². The number of aliphatic hydroxyl groups excluding tert-OH is 1. The summed E-state index contributed by atoms with van der Waals surface area (Å²) in [6, 6.07) is 16.9. The van der Waals surface area contributed by atoms with E-state index in [1.807, 2.05) is 0 Å². The highest BCUT2D eigenvalue weighted by atomic mass is 79.9. The zero-order chi connectivity index (χ0) is 20.5. The maximum absolute atomic E-state index is 8.81. The van der Waals surface area contributed by atoms with Crippen LogP contribution in [0.3, 0.4) is 0 Å². The van der Waals surface area contributed by atoms with Crippen molar-refractivity contribution in [3.8, 4) is 0 Å². The molecule has 0 amide bonds. The fourth-order valence-corrected chi connectivity index (χ4v) is 2.68. The third kappa shape index (κ3) is 10.7. The fourth-order valence-electron chi connectivity index (χ4n) is 2.28. The first-order valence-electron chi connectivity index (χ1n) is 9.58. The largest absolute Gasteiger partial charge is 0.396 e. The average molecular weight is 435 g/mol. The third-order valence-electron chi connectivity index (χ3n) is 4.09. The Morgan fingerprint density at radius 3 is 1.70 bits per heavy atom. The lowest BCUT2D eigenvalue weighted by Crippen LogP contribution is -2.11. The first-order valence-corrected chi connectivity index (χ1v) is 10.4. The van der Waals surface area contributed by atoms with Crippen molar-refractivity contribution >= 4 is 15.9 Å². The van der Waals surface area contributed by atoms with Crippen molar-refractivity contribution < 1.29 is 9.84 Å². The van der Waals surface area contributed by atoms with E-state index in [4.69, 9.17) is 5.11 Å². The van der Waals surface area contributed by atoms with Gasteiger partial charge in [-0.2, -0.15) is 0 Å². The number of benzene rings is 2. The molecule has 1 heterocycles. The molecule has 0 unspecified atom stereocenters. The van der Waals surface area contributed by atoms with Crippen LogP contribution >= 0.6 is 15.9 Å². The lowest BCUT2D eigenvalue weighted by atomic mass is 9.86. The van der Waals surface area contributed by atoms with E-state index in [1.165, 1.54) is 16.7 Å². The van der Waals surface area contributed by atoms with E-state index in [0.29, 0.717) is 0 Å². The van der Waals surface area contributed by atoms with Crippen LogP contribution in [-0.4, -0.2) is 24.9 Å². The summed E-state index contributed by atoms with van der Waals surface area (Å²) in [5, 5.41) is 8.81. The molecule has 0 spiro atoms. The van der Waals surface area contributed by atoms with Gasteiger partial charge in [-0.25, -0.2) is 0 Å². The number of ether oxygens (including phenoxy) is 1. The summed E-state index contributed by atoms with van der Waals surface area (Å²) >= 11 is 3.45. The summed E-state index contributed by atoms with van der Waals surface area (Å²) in [4.78, 5) is 0. The van der Waals surface area contributed by atoms with Crippen molar-refractivity contribution in [2.45, 2.75) is 58.8 Å². The minimum absolute atomic E-state index is 0.200. The van der Waals surface area contributed by atoms with Gasteiger partial charge in [0.25, 0.3) is 0 Å². The van der Waals surface area contributed by atoms with E-state index in [2.05, 4.69) is 111 Å². The zero-order valence-electron chi connectivity index (χ0n) is 17.7. The molecule has 3 heteroatoms. The molecule has 0 aliphatic carbocycles. The fraction of sp³-hybridized carbons (Fsp3) is 0.500. The monoisotopic (exact) mass is 434 g/mol. The number of hydrogen-bond donors (Lipinski definition) is 1. The molecule has 0 bridgehead atoms. The SMILES string of the molecule is C1CO1.CC(C)(C)c1cccc(Br)c1.CC(C)(C)c1cccc(CCO)c1. The highest BCUT2D eigenvalue weighted by Gasteiger charge is 2.13. The summed E-state index contributed by atoms with van der Waals surface area (Å²) in [5.74, 6) is 0. The number of hydrogen-bond acceptors (Lipinski definition) is 2. The van der Waals surface area contributed by atoms with Crippen molar-refractivity contribution in [3.05, 3.63) is 69.7 Å². The molecule has 27 heavy (non-hydrogen) atoms. The Balaban J connectivity index is 0.000000235. The molecule has 2 nitrogen and oxygen atoms in total. The maximum Gasteiger partial charge on any atom is 0.0701 e. The van der Waals surface area contributed by atoms with E-state index in [9.17, 15) is 0 Å². The van der Waals surface area contributed by atoms with Crippen LogP contribution in [0.4, 0.5) is 0 Å². The van der Waals surface area contributed by atoms with Crippen LogP contribution in [0.15, 0.2) is 53.0 Å². The van der Waals surface area contributed by atoms with Crippen LogP contribution in [0.1, 0.15) is 58.2 Å². The molecule has 0 aromatic heterocycles. The van der Waals surface area contributed by atoms with Gasteiger partial charge in [0.05, 0.1) is 13.2 Å². The molecular weight excluding hydrogens is 400 g/mol. The Morgan fingerprint density at radius 2 is 1.33 bits per heavy atom. The molecule has 1 fully saturated rings. The number of aliphatic hydroxyl groups is 1. The second kappa shape index (κ2) is 11.0. The topological polar surface area (TPSA) is 32.8 Å². The smallest absolute Gasteiger partial charge is 0.0701 e. The van der Waals surface area contributed by atoms with Crippen LogP contribution in [-0.2, 0) is 22.0 Å². The van der Waals surface area contributed by atoms with Gasteiger partial charge in [-0.05, 0) is 46.1 Å². The van der Waals surface area contributed by atoms with Crippen molar-refractivity contribution in [1.82, 2.24) is 0 Å². The minimum Gasteiger partial charge on any atom is -0.396 e. The molecule has 1 aliphatic heterocycles. The van der Waals surface area contributed by atoms with E-state index >= 15 is 0 Å². The van der Waals surface area contributed by atoms with E-state index < -0.39 is 0 Å². The summed E-state index contributed by atoms with van der Waals surface area (Å²) in [7, 11) is 0. The lowest BCUT2D eigenvalue weighted by molar-refractivity contribution is 0.299. The first kappa shape index (κ1) is 23.9. The normalized spacial score (nSPS) is 13.0. The molecule has 0 atom stereocenters. The predicted octanol–water partition coefficient (Wildman–Crippen LogP) is 6.28. The van der Waals surface area contributed by atoms with E-state index in [-0.39, 0.29) is 17.4 Å². The van der Waals surface area contributed by atoms with Gasteiger partial charge in [-0.3, -0.25) is 0 Å². The number of epoxide rings is 1. The summed E-state index contributed by atoms with van der Waals surface area (Å²) < 4.78 is 5.66. The molecule has 1 aliphatic rings. The Kier molecular flexibility index (Phi) is 9.72. The molecule has 0 saturated carbocycles. The molecule has 1 saturated heterocycles. The number of rotatable bonds is 2. The summed E-state index contributed by atoms with van der Waals surface area (Å²) in [5.41, 5.74) is 4.37. The predicted molar refractivity (Wildman–Crippen MR) is 120 cm³/mol. The van der Waals surface area contributed by atoms with Gasteiger partial charge in [0.2, 0.25) is 0 Å². The Bertz CT molecular complexity index is 677. The van der Waals surface area contributed by atoms with E-state index in [0.717, 1.165) is 24.1 Å². The Labute approximate surface area is 174 Å². The third-order valence-corrected chi connectivity index (χ3v) is 4.58. The van der Waals surface area contributed by atoms with Crippen LogP contribution < -0.4 is 0 Å². The van der Waals surface area contributed by atoms with Gasteiger partial charge in [0, 0.05) is 11.1 Å². The first-order chi connectivity index (χ1) is 12.5. The highest BCUT2D eigenvalue weighted by Crippen LogP contribution is 2.24. The van der Waals surface area contributed by atoms with Gasteiger partial charge in [-0.1, -0.05) is 93.9 Å². The second-order valence-corrected chi connectivity index (χ2v) is 9.71. The lowest BCUT2D eigenvalue weighted by Gasteiger charge is -2.19. The van der Waals surface area contributed by atoms with Crippen LogP contribution in [0, 0.1) is 0 Å². The zero-order valence-corrected chi connectivity index (χ0v) is 19.3. The highest BCUT2D eigenvalue weighted by molar-refractivity contribution is 9.10.